The summed E-state index contributed by atoms with van der Waals surface area (Å²) in [6.07, 6.45) is -2.22. The van der Waals surface area contributed by atoms with Crippen LogP contribution in [0.4, 0.5) is 13.2 Å². The minimum Gasteiger partial charge on any atom is -0.491 e. The number of hydrogen-bond acceptors (Lipinski definition) is 2. The molecule has 134 valence electrons. The maximum absolute atomic E-state index is 13.3. The Bertz CT molecular complexity index is 581. The Morgan fingerprint density at radius 1 is 1.29 bits per heavy atom. The van der Waals surface area contributed by atoms with Gasteiger partial charge in [0.25, 0.3) is 0 Å². The number of guanidine groups is 1. The van der Waals surface area contributed by atoms with Crippen molar-refractivity contribution in [2.45, 2.75) is 45.5 Å². The molecule has 1 saturated carbocycles. The van der Waals surface area contributed by atoms with Crippen molar-refractivity contribution < 1.29 is 17.9 Å². The molecule has 0 saturated heterocycles. The highest BCUT2D eigenvalue weighted by Crippen LogP contribution is 2.34. The third-order valence-electron chi connectivity index (χ3n) is 3.68. The summed E-state index contributed by atoms with van der Waals surface area (Å²) < 4.78 is 45.3. The molecular weight excluding hydrogens is 319 g/mol. The second kappa shape index (κ2) is 7.77. The molecule has 0 heterocycles. The van der Waals surface area contributed by atoms with Gasteiger partial charge in [0, 0.05) is 20.1 Å². The fraction of sp³-hybridized carbons (Fsp3) is 0.588. The van der Waals surface area contributed by atoms with Gasteiger partial charge in [-0.05, 0) is 50.3 Å². The van der Waals surface area contributed by atoms with Crippen molar-refractivity contribution >= 4 is 5.96 Å². The maximum Gasteiger partial charge on any atom is 0.416 e. The van der Waals surface area contributed by atoms with Gasteiger partial charge in [0.15, 0.2) is 5.96 Å². The van der Waals surface area contributed by atoms with Gasteiger partial charge in [0.2, 0.25) is 0 Å². The summed E-state index contributed by atoms with van der Waals surface area (Å²) in [5.41, 5.74) is -0.529. The van der Waals surface area contributed by atoms with Crippen molar-refractivity contribution in [3.63, 3.8) is 0 Å². The van der Waals surface area contributed by atoms with Crippen LogP contribution in [-0.2, 0) is 12.7 Å². The Hall–Kier alpha value is -1.92. The molecule has 0 atom stereocenters. The molecule has 0 unspecified atom stereocenters. The van der Waals surface area contributed by atoms with E-state index in [2.05, 4.69) is 15.6 Å². The summed E-state index contributed by atoms with van der Waals surface area (Å²) >= 11 is 0. The largest absolute Gasteiger partial charge is 0.491 e. The van der Waals surface area contributed by atoms with Crippen LogP contribution in [0, 0.1) is 5.92 Å². The van der Waals surface area contributed by atoms with E-state index < -0.39 is 11.7 Å². The molecule has 2 rings (SSSR count). The van der Waals surface area contributed by atoms with E-state index in [1.807, 2.05) is 0 Å². The molecule has 24 heavy (non-hydrogen) atoms. The molecule has 1 aliphatic rings. The highest BCUT2D eigenvalue weighted by Gasteiger charge is 2.34. The van der Waals surface area contributed by atoms with E-state index in [0.29, 0.717) is 11.9 Å². The van der Waals surface area contributed by atoms with Gasteiger partial charge in [0.1, 0.15) is 5.75 Å². The molecule has 2 N–H and O–H groups in total. The lowest BCUT2D eigenvalue weighted by atomic mass is 10.1. The van der Waals surface area contributed by atoms with Gasteiger partial charge < -0.3 is 15.4 Å². The fourth-order valence-corrected chi connectivity index (χ4v) is 2.28. The van der Waals surface area contributed by atoms with Crippen LogP contribution < -0.4 is 15.4 Å². The van der Waals surface area contributed by atoms with Gasteiger partial charge >= 0.3 is 6.18 Å². The first-order valence-electron chi connectivity index (χ1n) is 8.11. The third kappa shape index (κ3) is 5.62. The van der Waals surface area contributed by atoms with Gasteiger partial charge in [-0.15, -0.1) is 0 Å². The smallest absolute Gasteiger partial charge is 0.416 e. The number of nitrogens with one attached hydrogen (secondary N) is 2. The molecule has 0 bridgehead atoms. The van der Waals surface area contributed by atoms with Gasteiger partial charge in [-0.1, -0.05) is 6.07 Å². The zero-order valence-electron chi connectivity index (χ0n) is 14.2. The average Bonchev–Trinajstić information content (AvgIpc) is 3.31. The quantitative estimate of drug-likeness (QED) is 0.613. The molecule has 1 fully saturated rings. The van der Waals surface area contributed by atoms with Crippen LogP contribution in [0.5, 0.6) is 5.75 Å². The van der Waals surface area contributed by atoms with Crippen LogP contribution in [0.1, 0.15) is 37.8 Å². The van der Waals surface area contributed by atoms with Crippen molar-refractivity contribution in [2.75, 3.05) is 13.6 Å². The summed E-state index contributed by atoms with van der Waals surface area (Å²) in [5.74, 6) is 1.39. The molecule has 1 aromatic carbocycles. The summed E-state index contributed by atoms with van der Waals surface area (Å²) in [6, 6.07) is 4.06. The van der Waals surface area contributed by atoms with Crippen LogP contribution in [0.15, 0.2) is 23.2 Å². The summed E-state index contributed by atoms with van der Waals surface area (Å²) in [6.45, 7) is 4.39. The van der Waals surface area contributed by atoms with Crippen molar-refractivity contribution in [1.29, 1.82) is 0 Å². The van der Waals surface area contributed by atoms with Crippen LogP contribution in [-0.4, -0.2) is 25.7 Å². The highest BCUT2D eigenvalue weighted by atomic mass is 19.4. The van der Waals surface area contributed by atoms with Crippen molar-refractivity contribution in [3.8, 4) is 5.75 Å². The molecule has 7 heteroatoms. The number of benzene rings is 1. The topological polar surface area (TPSA) is 45.7 Å². The van der Waals surface area contributed by atoms with Gasteiger partial charge in [0.05, 0.1) is 11.7 Å². The van der Waals surface area contributed by atoms with E-state index in [1.54, 1.807) is 27.0 Å². The van der Waals surface area contributed by atoms with E-state index in [9.17, 15) is 13.2 Å². The second-order valence-electron chi connectivity index (χ2n) is 6.23. The predicted octanol–water partition coefficient (Wildman–Crippen LogP) is 3.57. The Labute approximate surface area is 140 Å². The monoisotopic (exact) mass is 343 g/mol. The molecule has 0 aromatic heterocycles. The number of nitrogens with zero attached hydrogens (tertiary/aromatic N) is 1. The first kappa shape index (κ1) is 18.4. The van der Waals surface area contributed by atoms with Crippen molar-refractivity contribution in [2.24, 2.45) is 10.9 Å². The molecule has 0 radical (unpaired) electrons. The van der Waals surface area contributed by atoms with E-state index in [0.717, 1.165) is 12.6 Å². The number of ether oxygens (including phenoxy) is 1. The van der Waals surface area contributed by atoms with Crippen molar-refractivity contribution in [3.05, 3.63) is 29.3 Å². The normalized spacial score (nSPS) is 15.5. The van der Waals surface area contributed by atoms with E-state index in [4.69, 9.17) is 4.74 Å². The number of rotatable bonds is 6. The Morgan fingerprint density at radius 2 is 2.00 bits per heavy atom. The van der Waals surface area contributed by atoms with E-state index in [1.165, 1.54) is 18.9 Å². The minimum atomic E-state index is -4.43. The number of alkyl halides is 3. The van der Waals surface area contributed by atoms with Gasteiger partial charge in [-0.3, -0.25) is 4.99 Å². The SMILES string of the molecule is CN=C(NCc1ccc(OC(C)C)cc1C(F)(F)F)NCC1CC1. The second-order valence-corrected chi connectivity index (χ2v) is 6.23. The number of hydrogen-bond donors (Lipinski definition) is 2. The average molecular weight is 343 g/mol. The number of halogens is 3. The molecule has 0 aliphatic heterocycles. The van der Waals surface area contributed by atoms with Crippen LogP contribution in [0.2, 0.25) is 0 Å². The Balaban J connectivity index is 2.06. The summed E-state index contributed by atoms with van der Waals surface area (Å²) in [4.78, 5) is 4.04. The highest BCUT2D eigenvalue weighted by molar-refractivity contribution is 5.79. The molecule has 1 aromatic rings. The molecule has 0 spiro atoms. The first-order valence-corrected chi connectivity index (χ1v) is 8.11. The zero-order valence-corrected chi connectivity index (χ0v) is 14.2. The van der Waals surface area contributed by atoms with Crippen LogP contribution in [0.25, 0.3) is 0 Å². The summed E-state index contributed by atoms with van der Waals surface area (Å²) in [5, 5.41) is 6.07. The molecule has 0 amide bonds. The van der Waals surface area contributed by atoms with Gasteiger partial charge in [-0.25, -0.2) is 0 Å². The first-order chi connectivity index (χ1) is 11.3. The maximum atomic E-state index is 13.3. The van der Waals surface area contributed by atoms with E-state index in [-0.39, 0.29) is 24.0 Å². The Morgan fingerprint density at radius 3 is 2.54 bits per heavy atom. The van der Waals surface area contributed by atoms with Crippen LogP contribution in [0.3, 0.4) is 0 Å². The van der Waals surface area contributed by atoms with Crippen LogP contribution >= 0.6 is 0 Å². The standard InChI is InChI=1S/C17H24F3N3O/c1-11(2)24-14-7-6-13(15(8-14)17(18,19)20)10-23-16(21-3)22-9-12-4-5-12/h6-8,11-12H,4-5,9-10H2,1-3H3,(H2,21,22,23). The lowest BCUT2D eigenvalue weighted by Crippen LogP contribution is -2.38. The molecule has 1 aliphatic carbocycles. The lowest BCUT2D eigenvalue weighted by Gasteiger charge is -2.18. The zero-order chi connectivity index (χ0) is 17.7. The van der Waals surface area contributed by atoms with Crippen molar-refractivity contribution in [1.82, 2.24) is 10.6 Å². The number of aliphatic imine (C=N–C) groups is 1. The van der Waals surface area contributed by atoms with E-state index >= 15 is 0 Å². The fourth-order valence-electron chi connectivity index (χ4n) is 2.28. The predicted molar refractivity (Wildman–Crippen MR) is 88.1 cm³/mol. The van der Waals surface area contributed by atoms with Gasteiger partial charge in [-0.2, -0.15) is 13.2 Å². The lowest BCUT2D eigenvalue weighted by molar-refractivity contribution is -0.138. The summed E-state index contributed by atoms with van der Waals surface area (Å²) in [7, 11) is 1.60. The Kier molecular flexibility index (Phi) is 5.96. The molecular formula is C17H24F3N3O. The third-order valence-corrected chi connectivity index (χ3v) is 3.68. The molecule has 4 nitrogen and oxygen atoms in total. The minimum absolute atomic E-state index is 0.0428.